The van der Waals surface area contributed by atoms with Gasteiger partial charge in [-0.3, -0.25) is 9.69 Å². The van der Waals surface area contributed by atoms with Crippen molar-refractivity contribution in [3.8, 4) is 11.5 Å². The molecular weight excluding hydrogens is 419 g/mol. The number of ether oxygens (including phenoxy) is 2. The molecule has 1 amide bonds. The molecule has 5 nitrogen and oxygen atoms in total. The third-order valence-electron chi connectivity index (χ3n) is 6.20. The molecule has 7 heteroatoms. The van der Waals surface area contributed by atoms with Crippen LogP contribution in [0.2, 0.25) is 5.02 Å². The fourth-order valence-corrected chi connectivity index (χ4v) is 4.56. The summed E-state index contributed by atoms with van der Waals surface area (Å²) in [5, 5.41) is 3.44. The highest BCUT2D eigenvalue weighted by atomic mass is 35.5. The van der Waals surface area contributed by atoms with E-state index in [1.807, 2.05) is 32.0 Å². The van der Waals surface area contributed by atoms with Gasteiger partial charge in [0.15, 0.2) is 11.5 Å². The molecule has 2 aromatic carbocycles. The first-order valence-corrected chi connectivity index (χ1v) is 11.1. The van der Waals surface area contributed by atoms with Gasteiger partial charge in [-0.05, 0) is 69.6 Å². The summed E-state index contributed by atoms with van der Waals surface area (Å²) in [6.45, 7) is 6.75. The monoisotopic (exact) mass is 446 g/mol. The molecule has 166 valence electrons. The van der Waals surface area contributed by atoms with E-state index in [0.29, 0.717) is 35.3 Å². The van der Waals surface area contributed by atoms with E-state index in [9.17, 15) is 9.18 Å². The van der Waals surface area contributed by atoms with Gasteiger partial charge in [0, 0.05) is 17.1 Å². The molecule has 31 heavy (non-hydrogen) atoms. The lowest BCUT2D eigenvalue weighted by Gasteiger charge is -2.31. The van der Waals surface area contributed by atoms with Crippen molar-refractivity contribution in [2.24, 2.45) is 0 Å². The predicted octanol–water partition coefficient (Wildman–Crippen LogP) is 4.48. The Bertz CT molecular complexity index is 940. The molecule has 0 bridgehead atoms. The van der Waals surface area contributed by atoms with Crippen molar-refractivity contribution in [1.29, 1.82) is 0 Å². The molecule has 4 rings (SSSR count). The SMILES string of the molecule is CC(C)(C(=O)NCC(c1c(F)cccc1Cl)N1CCCC1)c1ccc2c(c1)OCCO2. The van der Waals surface area contributed by atoms with Gasteiger partial charge in [-0.2, -0.15) is 0 Å². The molecule has 2 aliphatic rings. The van der Waals surface area contributed by atoms with Crippen LogP contribution in [0.15, 0.2) is 36.4 Å². The van der Waals surface area contributed by atoms with Crippen LogP contribution < -0.4 is 14.8 Å². The molecule has 0 aliphatic carbocycles. The highest BCUT2D eigenvalue weighted by molar-refractivity contribution is 6.31. The van der Waals surface area contributed by atoms with Crippen molar-refractivity contribution in [2.45, 2.75) is 38.1 Å². The molecule has 0 saturated carbocycles. The number of benzene rings is 2. The summed E-state index contributed by atoms with van der Waals surface area (Å²) < 4.78 is 25.9. The number of carbonyl (C=O) groups excluding carboxylic acids is 1. The van der Waals surface area contributed by atoms with Crippen LogP contribution in [-0.2, 0) is 10.2 Å². The maximum Gasteiger partial charge on any atom is 0.230 e. The summed E-state index contributed by atoms with van der Waals surface area (Å²) in [5.41, 5.74) is 0.476. The topological polar surface area (TPSA) is 50.8 Å². The molecular formula is C24H28ClFN2O3. The number of nitrogens with zero attached hydrogens (tertiary/aromatic N) is 1. The fourth-order valence-electron chi connectivity index (χ4n) is 4.27. The average Bonchev–Trinajstić information content (AvgIpc) is 3.29. The first kappa shape index (κ1) is 21.9. The van der Waals surface area contributed by atoms with Gasteiger partial charge in [0.2, 0.25) is 5.91 Å². The summed E-state index contributed by atoms with van der Waals surface area (Å²) in [5.74, 6) is 0.859. The van der Waals surface area contributed by atoms with E-state index in [4.69, 9.17) is 21.1 Å². The lowest BCUT2D eigenvalue weighted by molar-refractivity contribution is -0.125. The molecule has 2 heterocycles. The van der Waals surface area contributed by atoms with Crippen molar-refractivity contribution in [2.75, 3.05) is 32.8 Å². The minimum absolute atomic E-state index is 0.138. The van der Waals surface area contributed by atoms with E-state index in [1.54, 1.807) is 12.1 Å². The second kappa shape index (κ2) is 9.05. The standard InChI is InChI=1S/C24H28ClFN2O3/c1-24(2,16-8-9-20-21(14-16)31-13-12-30-20)23(29)27-15-19(28-10-3-4-11-28)22-17(25)6-5-7-18(22)26/h5-9,14,19H,3-4,10-13,15H2,1-2H3,(H,27,29). The average molecular weight is 447 g/mol. The Morgan fingerprint density at radius 3 is 2.58 bits per heavy atom. The molecule has 1 N–H and O–H groups in total. The Labute approximate surface area is 187 Å². The molecule has 2 aromatic rings. The minimum Gasteiger partial charge on any atom is -0.486 e. The number of rotatable bonds is 6. The summed E-state index contributed by atoms with van der Waals surface area (Å²) >= 11 is 6.37. The van der Waals surface area contributed by atoms with E-state index in [2.05, 4.69) is 10.2 Å². The summed E-state index contributed by atoms with van der Waals surface area (Å²) in [6.07, 6.45) is 2.11. The number of nitrogens with one attached hydrogen (secondary N) is 1. The van der Waals surface area contributed by atoms with Crippen LogP contribution >= 0.6 is 11.6 Å². The number of likely N-dealkylation sites (tertiary alicyclic amines) is 1. The van der Waals surface area contributed by atoms with E-state index in [1.165, 1.54) is 6.07 Å². The van der Waals surface area contributed by atoms with Gasteiger partial charge < -0.3 is 14.8 Å². The predicted molar refractivity (Wildman–Crippen MR) is 118 cm³/mol. The molecule has 0 spiro atoms. The lowest BCUT2D eigenvalue weighted by Crippen LogP contribution is -2.44. The van der Waals surface area contributed by atoms with Crippen LogP contribution in [-0.4, -0.2) is 43.7 Å². The highest BCUT2D eigenvalue weighted by Crippen LogP contribution is 2.36. The lowest BCUT2D eigenvalue weighted by atomic mass is 9.83. The van der Waals surface area contributed by atoms with Crippen molar-refractivity contribution in [3.63, 3.8) is 0 Å². The largest absolute Gasteiger partial charge is 0.486 e. The Kier molecular flexibility index (Phi) is 6.39. The van der Waals surface area contributed by atoms with Crippen molar-refractivity contribution in [1.82, 2.24) is 10.2 Å². The van der Waals surface area contributed by atoms with Crippen LogP contribution in [0.3, 0.4) is 0 Å². The van der Waals surface area contributed by atoms with E-state index in [0.717, 1.165) is 31.5 Å². The van der Waals surface area contributed by atoms with Gasteiger partial charge in [0.1, 0.15) is 19.0 Å². The Balaban J connectivity index is 1.53. The molecule has 1 unspecified atom stereocenters. The number of hydrogen-bond acceptors (Lipinski definition) is 4. The molecule has 0 radical (unpaired) electrons. The Morgan fingerprint density at radius 2 is 1.87 bits per heavy atom. The van der Waals surface area contributed by atoms with Gasteiger partial charge in [0.05, 0.1) is 11.5 Å². The zero-order chi connectivity index (χ0) is 22.0. The maximum absolute atomic E-state index is 14.7. The van der Waals surface area contributed by atoms with Crippen LogP contribution in [0.4, 0.5) is 4.39 Å². The number of halogens is 2. The molecule has 2 aliphatic heterocycles. The number of fused-ring (bicyclic) bond motifs is 1. The van der Waals surface area contributed by atoms with Gasteiger partial charge in [-0.25, -0.2) is 4.39 Å². The Hall–Kier alpha value is -2.31. The normalized spacial score (nSPS) is 17.4. The fraction of sp³-hybridized carbons (Fsp3) is 0.458. The first-order valence-electron chi connectivity index (χ1n) is 10.7. The summed E-state index contributed by atoms with van der Waals surface area (Å²) in [6, 6.07) is 10.0. The quantitative estimate of drug-likeness (QED) is 0.710. The second-order valence-corrected chi connectivity index (χ2v) is 8.99. The molecule has 0 aromatic heterocycles. The van der Waals surface area contributed by atoms with E-state index < -0.39 is 5.41 Å². The van der Waals surface area contributed by atoms with Gasteiger partial charge in [0.25, 0.3) is 0 Å². The smallest absolute Gasteiger partial charge is 0.230 e. The molecule has 1 fully saturated rings. The zero-order valence-corrected chi connectivity index (χ0v) is 18.7. The minimum atomic E-state index is -0.801. The first-order chi connectivity index (χ1) is 14.9. The molecule has 1 saturated heterocycles. The van der Waals surface area contributed by atoms with Crippen molar-refractivity contribution < 1.29 is 18.7 Å². The van der Waals surface area contributed by atoms with Crippen molar-refractivity contribution >= 4 is 17.5 Å². The van der Waals surface area contributed by atoms with Crippen LogP contribution in [0.5, 0.6) is 11.5 Å². The number of carbonyl (C=O) groups is 1. The van der Waals surface area contributed by atoms with Gasteiger partial charge in [-0.15, -0.1) is 0 Å². The van der Waals surface area contributed by atoms with E-state index in [-0.39, 0.29) is 24.3 Å². The molecule has 1 atom stereocenters. The van der Waals surface area contributed by atoms with Crippen LogP contribution in [0.25, 0.3) is 0 Å². The highest BCUT2D eigenvalue weighted by Gasteiger charge is 2.33. The van der Waals surface area contributed by atoms with Crippen LogP contribution in [0, 0.1) is 5.82 Å². The Morgan fingerprint density at radius 1 is 1.16 bits per heavy atom. The van der Waals surface area contributed by atoms with Gasteiger partial charge >= 0.3 is 0 Å². The summed E-state index contributed by atoms with van der Waals surface area (Å²) in [4.78, 5) is 15.4. The van der Waals surface area contributed by atoms with Gasteiger partial charge in [-0.1, -0.05) is 23.7 Å². The maximum atomic E-state index is 14.7. The zero-order valence-electron chi connectivity index (χ0n) is 17.9. The second-order valence-electron chi connectivity index (χ2n) is 8.59. The van der Waals surface area contributed by atoms with Crippen molar-refractivity contribution in [3.05, 3.63) is 58.4 Å². The van der Waals surface area contributed by atoms with Crippen LogP contribution in [0.1, 0.15) is 43.9 Å². The van der Waals surface area contributed by atoms with E-state index >= 15 is 0 Å². The number of hydrogen-bond donors (Lipinski definition) is 1. The third-order valence-corrected chi connectivity index (χ3v) is 6.53. The number of amides is 1. The third kappa shape index (κ3) is 4.51. The summed E-state index contributed by atoms with van der Waals surface area (Å²) in [7, 11) is 0.